The fraction of sp³-hybridized carbons (Fsp3) is 0.212. The van der Waals surface area contributed by atoms with Gasteiger partial charge in [0.05, 0.1) is 29.7 Å². The zero-order chi connectivity index (χ0) is 27.1. The number of rotatable bonds is 4. The Kier molecular flexibility index (Phi) is 6.31. The van der Waals surface area contributed by atoms with Crippen LogP contribution in [0.15, 0.2) is 91.1 Å². The van der Waals surface area contributed by atoms with E-state index in [4.69, 9.17) is 5.10 Å². The van der Waals surface area contributed by atoms with Crippen LogP contribution < -0.4 is 5.32 Å². The number of fused-ring (bicyclic) bond motifs is 3. The number of aromatic nitrogens is 3. The fourth-order valence-corrected chi connectivity index (χ4v) is 5.78. The predicted molar refractivity (Wildman–Crippen MR) is 156 cm³/mol. The number of para-hydroxylation sites is 1. The van der Waals surface area contributed by atoms with Gasteiger partial charge >= 0.3 is 6.03 Å². The highest BCUT2D eigenvalue weighted by molar-refractivity contribution is 5.90. The minimum absolute atomic E-state index is 0.137. The second-order valence-electron chi connectivity index (χ2n) is 10.4. The van der Waals surface area contributed by atoms with Gasteiger partial charge in [0.2, 0.25) is 0 Å². The standard InChI is InChI=1S/C33H33N5O/c1-5-29-28-21-37(33(39)34-26-19-23(3)17-24(4)20-26)31(25-12-9-11-22(2)18-25)30-15-10-16-36(30)32(28)38(35-29)27-13-7-6-8-14-27/h6-20,31H,5,21H2,1-4H3,(H,34,39). The molecule has 0 aliphatic carbocycles. The lowest BCUT2D eigenvalue weighted by Crippen LogP contribution is -2.38. The fourth-order valence-electron chi connectivity index (χ4n) is 5.78. The van der Waals surface area contributed by atoms with Crippen molar-refractivity contribution in [1.82, 2.24) is 19.2 Å². The highest BCUT2D eigenvalue weighted by atomic mass is 16.2. The summed E-state index contributed by atoms with van der Waals surface area (Å²) in [5.74, 6) is 0.984. The molecule has 1 atom stereocenters. The Hall–Kier alpha value is -4.58. The van der Waals surface area contributed by atoms with Gasteiger partial charge in [0.15, 0.2) is 0 Å². The van der Waals surface area contributed by atoms with E-state index in [1.807, 2.05) is 39.9 Å². The normalized spacial score (nSPS) is 14.5. The first-order valence-corrected chi connectivity index (χ1v) is 13.5. The molecule has 196 valence electrons. The molecule has 0 saturated heterocycles. The predicted octanol–water partition coefficient (Wildman–Crippen LogP) is 7.29. The molecule has 6 nitrogen and oxygen atoms in total. The molecular weight excluding hydrogens is 482 g/mol. The van der Waals surface area contributed by atoms with E-state index in [-0.39, 0.29) is 12.1 Å². The molecule has 0 radical (unpaired) electrons. The van der Waals surface area contributed by atoms with Crippen molar-refractivity contribution in [3.05, 3.63) is 130 Å². The molecule has 1 aliphatic rings. The monoisotopic (exact) mass is 515 g/mol. The molecule has 3 heterocycles. The first-order valence-electron chi connectivity index (χ1n) is 13.5. The van der Waals surface area contributed by atoms with Gasteiger partial charge in [-0.15, -0.1) is 0 Å². The first-order chi connectivity index (χ1) is 18.9. The average molecular weight is 516 g/mol. The molecule has 1 N–H and O–H groups in total. The Morgan fingerprint density at radius 1 is 0.897 bits per heavy atom. The zero-order valence-electron chi connectivity index (χ0n) is 22.8. The van der Waals surface area contributed by atoms with E-state index in [1.54, 1.807) is 0 Å². The largest absolute Gasteiger partial charge is 0.322 e. The van der Waals surface area contributed by atoms with Crippen LogP contribution in [0.1, 0.15) is 52.2 Å². The maximum atomic E-state index is 14.2. The summed E-state index contributed by atoms with van der Waals surface area (Å²) in [6, 6.07) is 28.6. The van der Waals surface area contributed by atoms with Gasteiger partial charge in [0, 0.05) is 17.4 Å². The summed E-state index contributed by atoms with van der Waals surface area (Å²) in [6.07, 6.45) is 2.85. The molecule has 1 unspecified atom stereocenters. The summed E-state index contributed by atoms with van der Waals surface area (Å²) in [4.78, 5) is 16.2. The number of carbonyl (C=O) groups is 1. The van der Waals surface area contributed by atoms with Crippen LogP contribution in [0.4, 0.5) is 10.5 Å². The number of aryl methyl sites for hydroxylation is 4. The third-order valence-corrected chi connectivity index (χ3v) is 7.40. The maximum Gasteiger partial charge on any atom is 0.322 e. The molecule has 0 spiro atoms. The van der Waals surface area contributed by atoms with Crippen molar-refractivity contribution in [2.24, 2.45) is 0 Å². The Morgan fingerprint density at radius 3 is 2.38 bits per heavy atom. The highest BCUT2D eigenvalue weighted by Gasteiger charge is 2.36. The van der Waals surface area contributed by atoms with E-state index in [1.165, 1.54) is 0 Å². The molecule has 6 heteroatoms. The van der Waals surface area contributed by atoms with Crippen molar-refractivity contribution in [2.75, 3.05) is 5.32 Å². The number of anilines is 1. The molecule has 6 rings (SSSR count). The maximum absolute atomic E-state index is 14.2. The lowest BCUT2D eigenvalue weighted by atomic mass is 10.00. The second-order valence-corrected chi connectivity index (χ2v) is 10.4. The molecule has 5 aromatic rings. The van der Waals surface area contributed by atoms with E-state index in [9.17, 15) is 4.79 Å². The third kappa shape index (κ3) is 4.52. The summed E-state index contributed by atoms with van der Waals surface area (Å²) in [5, 5.41) is 8.27. The SMILES string of the molecule is CCc1nn(-c2ccccc2)c2c1CN(C(=O)Nc1cc(C)cc(C)c1)C(c1cccc(C)c1)c1cccn1-2. The minimum atomic E-state index is -0.285. The van der Waals surface area contributed by atoms with E-state index >= 15 is 0 Å². The number of hydrogen-bond acceptors (Lipinski definition) is 2. The number of hydrogen-bond donors (Lipinski definition) is 1. The van der Waals surface area contributed by atoms with Gasteiger partial charge < -0.3 is 14.8 Å². The average Bonchev–Trinajstić information content (AvgIpc) is 3.49. The van der Waals surface area contributed by atoms with Gasteiger partial charge in [-0.05, 0) is 80.3 Å². The molecule has 0 fully saturated rings. The molecule has 0 bridgehead atoms. The summed E-state index contributed by atoms with van der Waals surface area (Å²) in [7, 11) is 0. The second kappa shape index (κ2) is 9.95. The Bertz CT molecular complexity index is 1640. The van der Waals surface area contributed by atoms with Gasteiger partial charge in [-0.25, -0.2) is 9.48 Å². The van der Waals surface area contributed by atoms with Crippen molar-refractivity contribution in [1.29, 1.82) is 0 Å². The Balaban J connectivity index is 1.55. The zero-order valence-corrected chi connectivity index (χ0v) is 22.8. The van der Waals surface area contributed by atoms with Crippen LogP contribution in [0, 0.1) is 20.8 Å². The van der Waals surface area contributed by atoms with Crippen LogP contribution in [0.2, 0.25) is 0 Å². The molecular formula is C33H33N5O. The molecule has 2 aromatic heterocycles. The molecule has 3 aromatic carbocycles. The number of benzene rings is 3. The van der Waals surface area contributed by atoms with Gasteiger partial charge in [-0.3, -0.25) is 0 Å². The number of carbonyl (C=O) groups excluding carboxylic acids is 1. The van der Waals surface area contributed by atoms with Gasteiger partial charge in [0.1, 0.15) is 5.82 Å². The third-order valence-electron chi connectivity index (χ3n) is 7.40. The van der Waals surface area contributed by atoms with Crippen LogP contribution in [-0.2, 0) is 13.0 Å². The van der Waals surface area contributed by atoms with Gasteiger partial charge in [0.25, 0.3) is 0 Å². The number of nitrogens with one attached hydrogen (secondary N) is 1. The molecule has 2 amide bonds. The van der Waals surface area contributed by atoms with E-state index in [0.717, 1.165) is 62.8 Å². The molecule has 0 saturated carbocycles. The summed E-state index contributed by atoms with van der Waals surface area (Å²) in [5.41, 5.74) is 9.33. The lowest BCUT2D eigenvalue weighted by molar-refractivity contribution is 0.194. The van der Waals surface area contributed by atoms with E-state index in [2.05, 4.69) is 98.4 Å². The number of urea groups is 1. The Morgan fingerprint density at radius 2 is 1.67 bits per heavy atom. The smallest absolute Gasteiger partial charge is 0.308 e. The van der Waals surface area contributed by atoms with Crippen LogP contribution in [0.5, 0.6) is 0 Å². The van der Waals surface area contributed by atoms with Gasteiger partial charge in [-0.1, -0.05) is 61.0 Å². The van der Waals surface area contributed by atoms with Crippen LogP contribution in [0.3, 0.4) is 0 Å². The molecule has 39 heavy (non-hydrogen) atoms. The van der Waals surface area contributed by atoms with Crippen LogP contribution in [0.25, 0.3) is 11.5 Å². The summed E-state index contributed by atoms with van der Waals surface area (Å²) in [6.45, 7) is 8.75. The van der Waals surface area contributed by atoms with Crippen molar-refractivity contribution >= 4 is 11.7 Å². The summed E-state index contributed by atoms with van der Waals surface area (Å²) < 4.78 is 4.24. The minimum Gasteiger partial charge on any atom is -0.308 e. The van der Waals surface area contributed by atoms with Crippen LogP contribution in [-0.4, -0.2) is 25.3 Å². The van der Waals surface area contributed by atoms with E-state index in [0.29, 0.717) is 6.54 Å². The lowest BCUT2D eigenvalue weighted by Gasteiger charge is -2.31. The summed E-state index contributed by atoms with van der Waals surface area (Å²) >= 11 is 0. The Labute approximate surface area is 229 Å². The van der Waals surface area contributed by atoms with Crippen molar-refractivity contribution in [2.45, 2.75) is 46.7 Å². The van der Waals surface area contributed by atoms with Gasteiger partial charge in [-0.2, -0.15) is 5.10 Å². The van der Waals surface area contributed by atoms with Crippen LogP contribution >= 0.6 is 0 Å². The topological polar surface area (TPSA) is 55.1 Å². The first kappa shape index (κ1) is 24.7. The molecule has 1 aliphatic heterocycles. The van der Waals surface area contributed by atoms with Crippen molar-refractivity contribution in [3.63, 3.8) is 0 Å². The highest BCUT2D eigenvalue weighted by Crippen LogP contribution is 2.39. The number of nitrogens with zero attached hydrogens (tertiary/aromatic N) is 4. The van der Waals surface area contributed by atoms with E-state index < -0.39 is 0 Å². The van der Waals surface area contributed by atoms with Crippen molar-refractivity contribution in [3.8, 4) is 11.5 Å². The number of amides is 2. The quantitative estimate of drug-likeness (QED) is 0.273. The van der Waals surface area contributed by atoms with Crippen molar-refractivity contribution < 1.29 is 4.79 Å².